The first-order valence-electron chi connectivity index (χ1n) is 8.06. The van der Waals surface area contributed by atoms with Crippen molar-refractivity contribution in [3.05, 3.63) is 53.2 Å². The molecule has 1 aromatic heterocycles. The zero-order valence-electron chi connectivity index (χ0n) is 13.4. The fourth-order valence-electron chi connectivity index (χ4n) is 2.76. The molecule has 0 atom stereocenters. The van der Waals surface area contributed by atoms with Crippen molar-refractivity contribution in [2.75, 3.05) is 18.4 Å². The summed E-state index contributed by atoms with van der Waals surface area (Å²) in [7, 11) is 0. The first kappa shape index (κ1) is 17.6. The molecule has 4 nitrogen and oxygen atoms in total. The molecule has 1 saturated heterocycles. The minimum absolute atomic E-state index is 0.138. The normalized spacial score (nSPS) is 16.0. The highest BCUT2D eigenvalue weighted by molar-refractivity contribution is 5.44. The van der Waals surface area contributed by atoms with Crippen LogP contribution in [0.1, 0.15) is 29.8 Å². The maximum absolute atomic E-state index is 13.0. The lowest BCUT2D eigenvalue weighted by Gasteiger charge is -2.25. The Labute approximate surface area is 142 Å². The Morgan fingerprint density at radius 2 is 1.80 bits per heavy atom. The van der Waals surface area contributed by atoms with Crippen LogP contribution in [0.4, 0.5) is 23.4 Å². The SMILES string of the molecule is Fc1ccc(Cc2nc(C(F)(F)F)cnc2NC2CCNCC2)cc1. The van der Waals surface area contributed by atoms with E-state index in [4.69, 9.17) is 0 Å². The fourth-order valence-corrected chi connectivity index (χ4v) is 2.76. The molecule has 1 aliphatic rings. The van der Waals surface area contributed by atoms with Crippen molar-refractivity contribution in [2.24, 2.45) is 0 Å². The monoisotopic (exact) mass is 354 g/mol. The van der Waals surface area contributed by atoms with Crippen LogP contribution in [0.5, 0.6) is 0 Å². The maximum Gasteiger partial charge on any atom is 0.434 e. The Morgan fingerprint density at radius 3 is 2.44 bits per heavy atom. The quantitative estimate of drug-likeness (QED) is 0.827. The van der Waals surface area contributed by atoms with Gasteiger partial charge in [-0.3, -0.25) is 0 Å². The molecule has 1 fully saturated rings. The number of piperidine rings is 1. The molecule has 0 spiro atoms. The van der Waals surface area contributed by atoms with E-state index in [-0.39, 0.29) is 18.2 Å². The van der Waals surface area contributed by atoms with Crippen molar-refractivity contribution in [1.29, 1.82) is 0 Å². The summed E-state index contributed by atoms with van der Waals surface area (Å²) >= 11 is 0. The third-order valence-electron chi connectivity index (χ3n) is 4.10. The predicted octanol–water partition coefficient (Wildman–Crippen LogP) is 3.39. The van der Waals surface area contributed by atoms with E-state index in [1.165, 1.54) is 24.3 Å². The van der Waals surface area contributed by atoms with Crippen molar-refractivity contribution < 1.29 is 17.6 Å². The number of hydrogen-bond acceptors (Lipinski definition) is 4. The number of alkyl halides is 3. The van der Waals surface area contributed by atoms with Gasteiger partial charge in [-0.2, -0.15) is 13.2 Å². The summed E-state index contributed by atoms with van der Waals surface area (Å²) in [5, 5.41) is 6.43. The summed E-state index contributed by atoms with van der Waals surface area (Å²) in [4.78, 5) is 7.73. The number of hydrogen-bond donors (Lipinski definition) is 2. The molecule has 25 heavy (non-hydrogen) atoms. The fraction of sp³-hybridized carbons (Fsp3) is 0.412. The summed E-state index contributed by atoms with van der Waals surface area (Å²) in [6, 6.07) is 5.75. The number of benzene rings is 1. The van der Waals surface area contributed by atoms with E-state index < -0.39 is 17.7 Å². The van der Waals surface area contributed by atoms with Gasteiger partial charge in [-0.05, 0) is 43.6 Å². The average molecular weight is 354 g/mol. The van der Waals surface area contributed by atoms with Gasteiger partial charge in [-0.15, -0.1) is 0 Å². The molecule has 1 aliphatic heterocycles. The molecular formula is C17H18F4N4. The van der Waals surface area contributed by atoms with Crippen LogP contribution in [0.3, 0.4) is 0 Å². The van der Waals surface area contributed by atoms with Gasteiger partial charge in [0.15, 0.2) is 5.69 Å². The molecular weight excluding hydrogens is 336 g/mol. The van der Waals surface area contributed by atoms with E-state index in [0.29, 0.717) is 11.4 Å². The van der Waals surface area contributed by atoms with Gasteiger partial charge >= 0.3 is 6.18 Å². The Balaban J connectivity index is 1.88. The van der Waals surface area contributed by atoms with Gasteiger partial charge < -0.3 is 10.6 Å². The minimum Gasteiger partial charge on any atom is -0.366 e. The third kappa shape index (κ3) is 4.66. The summed E-state index contributed by atoms with van der Waals surface area (Å²) in [6.45, 7) is 1.69. The molecule has 134 valence electrons. The van der Waals surface area contributed by atoms with Crippen molar-refractivity contribution >= 4 is 5.82 Å². The zero-order chi connectivity index (χ0) is 17.9. The summed E-state index contributed by atoms with van der Waals surface area (Å²) in [5.74, 6) is -0.0452. The van der Waals surface area contributed by atoms with Crippen LogP contribution in [0.25, 0.3) is 0 Å². The van der Waals surface area contributed by atoms with Crippen molar-refractivity contribution in [2.45, 2.75) is 31.5 Å². The number of nitrogens with one attached hydrogen (secondary N) is 2. The van der Waals surface area contributed by atoms with E-state index in [0.717, 1.165) is 32.1 Å². The topological polar surface area (TPSA) is 49.8 Å². The van der Waals surface area contributed by atoms with Crippen LogP contribution in [-0.4, -0.2) is 29.1 Å². The second kappa shape index (κ2) is 7.35. The highest BCUT2D eigenvalue weighted by atomic mass is 19.4. The van der Waals surface area contributed by atoms with Crippen LogP contribution in [0, 0.1) is 5.82 Å². The molecule has 0 unspecified atom stereocenters. The van der Waals surface area contributed by atoms with Gasteiger partial charge in [0.2, 0.25) is 0 Å². The highest BCUT2D eigenvalue weighted by Gasteiger charge is 2.34. The van der Waals surface area contributed by atoms with Crippen LogP contribution < -0.4 is 10.6 Å². The zero-order valence-corrected chi connectivity index (χ0v) is 13.4. The predicted molar refractivity (Wildman–Crippen MR) is 85.8 cm³/mol. The molecule has 1 aromatic carbocycles. The molecule has 2 aromatic rings. The smallest absolute Gasteiger partial charge is 0.366 e. The van der Waals surface area contributed by atoms with Gasteiger partial charge in [0, 0.05) is 12.5 Å². The van der Waals surface area contributed by atoms with Crippen LogP contribution in [0.15, 0.2) is 30.5 Å². The Hall–Kier alpha value is -2.22. The van der Waals surface area contributed by atoms with Crippen molar-refractivity contribution in [3.8, 4) is 0 Å². The number of aromatic nitrogens is 2. The van der Waals surface area contributed by atoms with Crippen molar-refractivity contribution in [3.63, 3.8) is 0 Å². The largest absolute Gasteiger partial charge is 0.434 e. The number of nitrogens with zero attached hydrogens (tertiary/aromatic N) is 2. The molecule has 2 heterocycles. The summed E-state index contributed by atoms with van der Waals surface area (Å²) in [6.07, 6.45) is -1.95. The van der Waals surface area contributed by atoms with Crippen molar-refractivity contribution in [1.82, 2.24) is 15.3 Å². The number of halogens is 4. The number of rotatable bonds is 4. The lowest BCUT2D eigenvalue weighted by atomic mass is 10.1. The molecule has 0 saturated carbocycles. The van der Waals surface area contributed by atoms with Gasteiger partial charge in [0.25, 0.3) is 0 Å². The van der Waals surface area contributed by atoms with Gasteiger partial charge in [-0.1, -0.05) is 12.1 Å². The summed E-state index contributed by atoms with van der Waals surface area (Å²) in [5.41, 5.74) is -0.149. The van der Waals surface area contributed by atoms with Crippen LogP contribution in [-0.2, 0) is 12.6 Å². The molecule has 0 amide bonds. The lowest BCUT2D eigenvalue weighted by Crippen LogP contribution is -2.36. The highest BCUT2D eigenvalue weighted by Crippen LogP contribution is 2.29. The van der Waals surface area contributed by atoms with Gasteiger partial charge in [-0.25, -0.2) is 14.4 Å². The molecule has 2 N–H and O–H groups in total. The Bertz CT molecular complexity index is 710. The Kier molecular flexibility index (Phi) is 5.17. The Morgan fingerprint density at radius 1 is 1.12 bits per heavy atom. The lowest BCUT2D eigenvalue weighted by molar-refractivity contribution is -0.141. The van der Waals surface area contributed by atoms with E-state index in [9.17, 15) is 17.6 Å². The maximum atomic E-state index is 13.0. The van der Waals surface area contributed by atoms with E-state index in [1.807, 2.05) is 0 Å². The van der Waals surface area contributed by atoms with E-state index in [2.05, 4.69) is 20.6 Å². The molecule has 0 bridgehead atoms. The third-order valence-corrected chi connectivity index (χ3v) is 4.10. The first-order chi connectivity index (χ1) is 11.9. The van der Waals surface area contributed by atoms with Gasteiger partial charge in [0.1, 0.15) is 11.6 Å². The second-order valence-corrected chi connectivity index (χ2v) is 6.02. The van der Waals surface area contributed by atoms with Crippen LogP contribution >= 0.6 is 0 Å². The van der Waals surface area contributed by atoms with Crippen LogP contribution in [0.2, 0.25) is 0 Å². The number of anilines is 1. The standard InChI is InChI=1S/C17H18F4N4/c18-12-3-1-11(2-4-12)9-14-16(24-13-5-7-22-8-6-13)23-10-15(25-14)17(19,20)21/h1-4,10,13,22H,5-9H2,(H,23,24). The minimum atomic E-state index is -4.56. The molecule has 8 heteroatoms. The average Bonchev–Trinajstić information content (AvgIpc) is 2.58. The summed E-state index contributed by atoms with van der Waals surface area (Å²) < 4.78 is 51.9. The van der Waals surface area contributed by atoms with Gasteiger partial charge in [0.05, 0.1) is 11.9 Å². The second-order valence-electron chi connectivity index (χ2n) is 6.02. The van der Waals surface area contributed by atoms with E-state index in [1.54, 1.807) is 0 Å². The first-order valence-corrected chi connectivity index (χ1v) is 8.06. The molecule has 3 rings (SSSR count). The van der Waals surface area contributed by atoms with E-state index >= 15 is 0 Å². The molecule has 0 aliphatic carbocycles. The molecule has 0 radical (unpaired) electrons.